The Labute approximate surface area is 142 Å². The number of benzene rings is 1. The van der Waals surface area contributed by atoms with Gasteiger partial charge in [0.2, 0.25) is 0 Å². The molecular weight excluding hydrogens is 337 g/mol. The molecule has 1 saturated heterocycles. The van der Waals surface area contributed by atoms with Crippen molar-refractivity contribution in [2.45, 2.75) is 30.2 Å². The molecule has 0 aliphatic carbocycles. The van der Waals surface area contributed by atoms with Crippen LogP contribution in [-0.4, -0.2) is 27.9 Å². The summed E-state index contributed by atoms with van der Waals surface area (Å²) in [5, 5.41) is 12.3. The SMILES string of the molecule is Cn1c(CC2CCNCC2)nnc1SCc1cc(F)c(F)cc1F. The van der Waals surface area contributed by atoms with E-state index in [1.54, 1.807) is 0 Å². The van der Waals surface area contributed by atoms with E-state index in [0.717, 1.165) is 44.2 Å². The molecule has 24 heavy (non-hydrogen) atoms. The highest BCUT2D eigenvalue weighted by atomic mass is 32.2. The molecule has 2 heterocycles. The summed E-state index contributed by atoms with van der Waals surface area (Å²) in [5.41, 5.74) is 0.113. The summed E-state index contributed by atoms with van der Waals surface area (Å²) < 4.78 is 41.8. The Morgan fingerprint density at radius 1 is 1.12 bits per heavy atom. The molecule has 0 atom stereocenters. The van der Waals surface area contributed by atoms with Crippen LogP contribution in [0.15, 0.2) is 17.3 Å². The van der Waals surface area contributed by atoms with Crippen LogP contribution in [0.1, 0.15) is 24.2 Å². The lowest BCUT2D eigenvalue weighted by molar-refractivity contribution is 0.363. The van der Waals surface area contributed by atoms with Crippen molar-refractivity contribution in [3.8, 4) is 0 Å². The lowest BCUT2D eigenvalue weighted by Crippen LogP contribution is -2.29. The maximum Gasteiger partial charge on any atom is 0.191 e. The number of halogens is 3. The standard InChI is InChI=1S/C16H19F3N4S/c1-23-15(6-10-2-4-20-5-3-10)21-22-16(23)24-9-11-7-13(18)14(19)8-12(11)17/h7-8,10,20H,2-6,9H2,1H3. The molecule has 1 fully saturated rings. The molecule has 1 N–H and O–H groups in total. The molecule has 0 unspecified atom stereocenters. The van der Waals surface area contributed by atoms with Gasteiger partial charge >= 0.3 is 0 Å². The van der Waals surface area contributed by atoms with Crippen molar-refractivity contribution in [1.29, 1.82) is 0 Å². The van der Waals surface area contributed by atoms with Gasteiger partial charge in [-0.25, -0.2) is 13.2 Å². The van der Waals surface area contributed by atoms with E-state index in [4.69, 9.17) is 0 Å². The van der Waals surface area contributed by atoms with E-state index >= 15 is 0 Å². The number of thioether (sulfide) groups is 1. The van der Waals surface area contributed by atoms with Gasteiger partial charge in [-0.15, -0.1) is 10.2 Å². The molecule has 1 aliphatic rings. The van der Waals surface area contributed by atoms with Gasteiger partial charge in [-0.1, -0.05) is 11.8 Å². The molecule has 0 amide bonds. The first-order valence-corrected chi connectivity index (χ1v) is 8.88. The molecule has 0 radical (unpaired) electrons. The van der Waals surface area contributed by atoms with Crippen LogP contribution in [0.3, 0.4) is 0 Å². The van der Waals surface area contributed by atoms with Gasteiger partial charge in [-0.05, 0) is 37.9 Å². The fourth-order valence-electron chi connectivity index (χ4n) is 2.81. The summed E-state index contributed by atoms with van der Waals surface area (Å²) in [6.45, 7) is 2.05. The topological polar surface area (TPSA) is 42.7 Å². The summed E-state index contributed by atoms with van der Waals surface area (Å²) in [4.78, 5) is 0. The van der Waals surface area contributed by atoms with E-state index in [9.17, 15) is 13.2 Å². The molecule has 0 saturated carbocycles. The number of piperidine rings is 1. The molecular formula is C16H19F3N4S. The predicted octanol–water partition coefficient (Wildman–Crippen LogP) is 3.07. The van der Waals surface area contributed by atoms with Gasteiger partial charge in [-0.3, -0.25) is 0 Å². The van der Waals surface area contributed by atoms with Crippen LogP contribution < -0.4 is 5.32 Å². The van der Waals surface area contributed by atoms with Crippen LogP contribution in [0.25, 0.3) is 0 Å². The van der Waals surface area contributed by atoms with Gasteiger partial charge in [0.15, 0.2) is 16.8 Å². The first kappa shape index (κ1) is 17.3. The lowest BCUT2D eigenvalue weighted by Gasteiger charge is -2.21. The molecule has 1 aromatic heterocycles. The second kappa shape index (κ2) is 7.57. The molecule has 1 aromatic carbocycles. The minimum atomic E-state index is -1.18. The van der Waals surface area contributed by atoms with Crippen LogP contribution in [0.5, 0.6) is 0 Å². The third-order valence-corrected chi connectivity index (χ3v) is 5.37. The highest BCUT2D eigenvalue weighted by Gasteiger charge is 2.18. The molecule has 2 aromatic rings. The largest absolute Gasteiger partial charge is 0.317 e. The van der Waals surface area contributed by atoms with E-state index in [1.165, 1.54) is 11.8 Å². The van der Waals surface area contributed by atoms with Crippen LogP contribution in [0.4, 0.5) is 13.2 Å². The Balaban J connectivity index is 1.65. The van der Waals surface area contributed by atoms with Crippen molar-refractivity contribution in [3.63, 3.8) is 0 Å². The highest BCUT2D eigenvalue weighted by Crippen LogP contribution is 2.25. The van der Waals surface area contributed by atoms with E-state index in [0.29, 0.717) is 17.1 Å². The first-order valence-electron chi connectivity index (χ1n) is 7.90. The highest BCUT2D eigenvalue weighted by molar-refractivity contribution is 7.98. The number of hydrogen-bond acceptors (Lipinski definition) is 4. The number of rotatable bonds is 5. The normalized spacial score (nSPS) is 15.8. The van der Waals surface area contributed by atoms with Gasteiger partial charge in [-0.2, -0.15) is 0 Å². The van der Waals surface area contributed by atoms with E-state index in [2.05, 4.69) is 15.5 Å². The molecule has 8 heteroatoms. The molecule has 130 valence electrons. The maximum absolute atomic E-state index is 13.7. The Hall–Kier alpha value is -1.54. The molecule has 0 bridgehead atoms. The van der Waals surface area contributed by atoms with E-state index in [-0.39, 0.29) is 11.3 Å². The summed E-state index contributed by atoms with van der Waals surface area (Å²) in [5.74, 6) is -1.31. The molecule has 4 nitrogen and oxygen atoms in total. The lowest BCUT2D eigenvalue weighted by atomic mass is 9.94. The summed E-state index contributed by atoms with van der Waals surface area (Å²) in [6, 6.07) is 1.47. The Morgan fingerprint density at radius 2 is 1.83 bits per heavy atom. The van der Waals surface area contributed by atoms with Crippen molar-refractivity contribution >= 4 is 11.8 Å². The maximum atomic E-state index is 13.7. The Morgan fingerprint density at radius 3 is 2.58 bits per heavy atom. The minimum Gasteiger partial charge on any atom is -0.317 e. The zero-order chi connectivity index (χ0) is 17.1. The van der Waals surface area contributed by atoms with Crippen molar-refractivity contribution in [3.05, 3.63) is 41.0 Å². The average Bonchev–Trinajstić information content (AvgIpc) is 2.91. The van der Waals surface area contributed by atoms with Crippen LogP contribution >= 0.6 is 11.8 Å². The van der Waals surface area contributed by atoms with Crippen LogP contribution in [0, 0.1) is 23.4 Å². The Bertz CT molecular complexity index is 714. The zero-order valence-electron chi connectivity index (χ0n) is 13.4. The summed E-state index contributed by atoms with van der Waals surface area (Å²) in [6.07, 6.45) is 3.11. The fraction of sp³-hybridized carbons (Fsp3) is 0.500. The number of hydrogen-bond donors (Lipinski definition) is 1. The summed E-state index contributed by atoms with van der Waals surface area (Å²) in [7, 11) is 1.88. The van der Waals surface area contributed by atoms with E-state index in [1.807, 2.05) is 11.6 Å². The van der Waals surface area contributed by atoms with Gasteiger partial charge in [0.1, 0.15) is 11.6 Å². The molecule has 1 aliphatic heterocycles. The Kier molecular flexibility index (Phi) is 5.45. The van der Waals surface area contributed by atoms with Crippen molar-refractivity contribution in [1.82, 2.24) is 20.1 Å². The minimum absolute atomic E-state index is 0.113. The average molecular weight is 356 g/mol. The fourth-order valence-corrected chi connectivity index (χ4v) is 3.71. The quantitative estimate of drug-likeness (QED) is 0.660. The van der Waals surface area contributed by atoms with Crippen molar-refractivity contribution in [2.75, 3.05) is 13.1 Å². The smallest absolute Gasteiger partial charge is 0.191 e. The van der Waals surface area contributed by atoms with E-state index < -0.39 is 17.5 Å². The third kappa shape index (κ3) is 3.92. The van der Waals surface area contributed by atoms with Crippen LogP contribution in [-0.2, 0) is 19.2 Å². The third-order valence-electron chi connectivity index (χ3n) is 4.30. The first-order chi connectivity index (χ1) is 11.5. The number of aromatic nitrogens is 3. The van der Waals surface area contributed by atoms with Gasteiger partial charge in [0, 0.05) is 30.9 Å². The summed E-state index contributed by atoms with van der Waals surface area (Å²) >= 11 is 1.26. The molecule has 0 spiro atoms. The number of nitrogens with zero attached hydrogens (tertiary/aromatic N) is 3. The molecule has 3 rings (SSSR count). The number of nitrogens with one attached hydrogen (secondary N) is 1. The van der Waals surface area contributed by atoms with Crippen molar-refractivity contribution in [2.24, 2.45) is 13.0 Å². The monoisotopic (exact) mass is 356 g/mol. The second-order valence-corrected chi connectivity index (χ2v) is 6.94. The van der Waals surface area contributed by atoms with Gasteiger partial charge in [0.05, 0.1) is 0 Å². The van der Waals surface area contributed by atoms with Crippen molar-refractivity contribution < 1.29 is 13.2 Å². The van der Waals surface area contributed by atoms with Gasteiger partial charge in [0.25, 0.3) is 0 Å². The zero-order valence-corrected chi connectivity index (χ0v) is 14.2. The van der Waals surface area contributed by atoms with Crippen LogP contribution in [0.2, 0.25) is 0 Å². The predicted molar refractivity (Wildman–Crippen MR) is 86.2 cm³/mol. The second-order valence-electron chi connectivity index (χ2n) is 6.00. The van der Waals surface area contributed by atoms with Gasteiger partial charge < -0.3 is 9.88 Å².